The van der Waals surface area contributed by atoms with Crippen molar-refractivity contribution in [3.05, 3.63) is 34.4 Å². The number of methoxy groups -OCH3 is 2. The molecule has 0 saturated heterocycles. The second kappa shape index (κ2) is 7.34. The topological polar surface area (TPSA) is 95.7 Å². The van der Waals surface area contributed by atoms with Crippen molar-refractivity contribution in [3.63, 3.8) is 0 Å². The third kappa shape index (κ3) is 4.36. The second-order valence-electron chi connectivity index (χ2n) is 3.82. The Morgan fingerprint density at radius 2 is 1.52 bits per heavy atom. The van der Waals surface area contributed by atoms with Crippen LogP contribution in [0.4, 0.5) is 18.9 Å². The van der Waals surface area contributed by atoms with Gasteiger partial charge in [0.25, 0.3) is 0 Å². The Morgan fingerprint density at radius 3 is 1.83 bits per heavy atom. The molecule has 1 aromatic carbocycles. The molecule has 7 nitrogen and oxygen atoms in total. The van der Waals surface area contributed by atoms with Gasteiger partial charge in [0.2, 0.25) is 0 Å². The maximum absolute atomic E-state index is 13.4. The van der Waals surface area contributed by atoms with Crippen molar-refractivity contribution in [1.29, 1.82) is 0 Å². The summed E-state index contributed by atoms with van der Waals surface area (Å²) in [4.78, 5) is 33.0. The summed E-state index contributed by atoms with van der Waals surface area (Å²) in [5, 5.41) is 5.67. The first-order valence-electron chi connectivity index (χ1n) is 5.72. The maximum atomic E-state index is 13.4. The summed E-state index contributed by atoms with van der Waals surface area (Å²) in [5.74, 6) is -2.89. The number of alkyl halides is 3. The summed E-state index contributed by atoms with van der Waals surface area (Å²) in [5.41, 5.74) is -0.418. The molecular weight excluding hydrogens is 390 g/mol. The van der Waals surface area contributed by atoms with Crippen molar-refractivity contribution in [2.45, 2.75) is 5.07 Å². The number of rotatable bonds is 4. The Morgan fingerprint density at radius 1 is 1.09 bits per heavy atom. The molecule has 0 aliphatic carbocycles. The summed E-state index contributed by atoms with van der Waals surface area (Å²) in [6, 6.07) is 3.46. The van der Waals surface area contributed by atoms with Crippen LogP contribution >= 0.6 is 0 Å². The number of hydrogen-bond donors (Lipinski definition) is 0. The number of ether oxygens (including phenoxy) is 2. The zero-order valence-corrected chi connectivity index (χ0v) is 13.5. The van der Waals surface area contributed by atoms with E-state index in [9.17, 15) is 32.9 Å². The molecule has 1 unspecified atom stereocenters. The zero-order valence-electron chi connectivity index (χ0n) is 11.7. The van der Waals surface area contributed by atoms with E-state index in [4.69, 9.17) is 0 Å². The number of nitrogens with zero attached hydrogens (tertiary/aromatic N) is 1. The normalized spacial score (nSPS) is 12.2. The summed E-state index contributed by atoms with van der Waals surface area (Å²) < 4.78 is 47.1. The van der Waals surface area contributed by atoms with E-state index in [1.165, 1.54) is 0 Å². The fourth-order valence-corrected chi connectivity index (χ4v) is 4.95. The Balaban J connectivity index is 3.66. The predicted molar refractivity (Wildman–Crippen MR) is 73.6 cm³/mol. The van der Waals surface area contributed by atoms with E-state index >= 15 is 0 Å². The van der Waals surface area contributed by atoms with Crippen molar-refractivity contribution in [2.24, 2.45) is 0 Å². The first-order chi connectivity index (χ1) is 10.6. The fourth-order valence-electron chi connectivity index (χ4n) is 1.51. The minimum atomic E-state index is -4.89. The molecule has 0 amide bonds. The van der Waals surface area contributed by atoms with E-state index in [-0.39, 0.29) is 0 Å². The van der Waals surface area contributed by atoms with E-state index in [1.54, 1.807) is 0 Å². The summed E-state index contributed by atoms with van der Waals surface area (Å²) >= 11 is -4.18. The van der Waals surface area contributed by atoms with Gasteiger partial charge in [-0.15, -0.1) is 0 Å². The third-order valence-electron chi connectivity index (χ3n) is 2.46. The molecule has 126 valence electrons. The predicted octanol–water partition coefficient (Wildman–Crippen LogP) is 0.498. The van der Waals surface area contributed by atoms with Gasteiger partial charge in [0.15, 0.2) is 0 Å². The van der Waals surface area contributed by atoms with Gasteiger partial charge in [-0.25, -0.2) is 0 Å². The van der Waals surface area contributed by atoms with E-state index in [1.807, 2.05) is 0 Å². The number of halogens is 3. The van der Waals surface area contributed by atoms with Crippen LogP contribution in [0.5, 0.6) is 0 Å². The van der Waals surface area contributed by atoms with Gasteiger partial charge in [-0.05, 0) is 0 Å². The standard InChI is InChI=1S/C12H10F3NO6Se/c1-21-10(17)9(11(18)22-2)23(12(13,14)15)8-5-3-7(4-6-8)16(19)20/h3-6H,1-2H3. The molecule has 0 radical (unpaired) electrons. The van der Waals surface area contributed by atoms with Crippen molar-refractivity contribution >= 4 is 40.0 Å². The van der Waals surface area contributed by atoms with Crippen molar-refractivity contribution in [1.82, 2.24) is 0 Å². The molecule has 1 rings (SSSR count). The second-order valence-corrected chi connectivity index (χ2v) is 7.92. The molecular formula is C12H10F3NO6Se. The van der Waals surface area contributed by atoms with E-state index < -0.39 is 50.0 Å². The molecule has 0 fully saturated rings. The monoisotopic (exact) mass is 401 g/mol. The molecule has 0 aliphatic rings. The van der Waals surface area contributed by atoms with Crippen molar-refractivity contribution in [3.8, 4) is 0 Å². The van der Waals surface area contributed by atoms with Gasteiger partial charge in [0, 0.05) is 0 Å². The molecule has 23 heavy (non-hydrogen) atoms. The average molecular weight is 400 g/mol. The molecule has 0 aliphatic heterocycles. The van der Waals surface area contributed by atoms with Gasteiger partial charge in [-0.3, -0.25) is 0 Å². The number of carbonyl (C=O) groups is 2. The first-order valence-corrected chi connectivity index (χ1v) is 8.29. The molecule has 0 spiro atoms. The molecule has 1 atom stereocenters. The van der Waals surface area contributed by atoms with Crippen LogP contribution in [0.2, 0.25) is 0 Å². The van der Waals surface area contributed by atoms with Crippen LogP contribution in [0.15, 0.2) is 24.3 Å². The molecule has 0 saturated carbocycles. The number of carbonyl (C=O) groups excluding carboxylic acids is 2. The third-order valence-corrected chi connectivity index (χ3v) is 6.55. The number of nitro groups is 1. The molecule has 0 heterocycles. The van der Waals surface area contributed by atoms with Crippen LogP contribution in [0.3, 0.4) is 0 Å². The number of hydrogen-bond acceptors (Lipinski definition) is 6. The van der Waals surface area contributed by atoms with Gasteiger partial charge in [-0.1, -0.05) is 0 Å². The summed E-state index contributed by atoms with van der Waals surface area (Å²) in [6.07, 6.45) is 0. The van der Waals surface area contributed by atoms with Gasteiger partial charge < -0.3 is 0 Å². The zero-order chi connectivity index (χ0) is 17.8. The molecule has 1 aromatic rings. The van der Waals surface area contributed by atoms with Crippen LogP contribution in [-0.4, -0.2) is 54.0 Å². The van der Waals surface area contributed by atoms with Crippen LogP contribution in [0, 0.1) is 10.1 Å². The molecule has 0 bridgehead atoms. The van der Waals surface area contributed by atoms with Gasteiger partial charge >= 0.3 is 131 Å². The van der Waals surface area contributed by atoms with E-state index in [0.29, 0.717) is 0 Å². The first kappa shape index (κ1) is 18.8. The molecule has 0 N–H and O–H groups in total. The quantitative estimate of drug-likeness (QED) is 0.240. The summed E-state index contributed by atoms with van der Waals surface area (Å²) in [6.45, 7) is 0. The van der Waals surface area contributed by atoms with Gasteiger partial charge in [-0.2, -0.15) is 0 Å². The van der Waals surface area contributed by atoms with Gasteiger partial charge in [0.05, 0.1) is 0 Å². The van der Waals surface area contributed by atoms with E-state index in [2.05, 4.69) is 9.47 Å². The number of non-ortho nitro benzene ring substituents is 1. The molecule has 11 heteroatoms. The number of benzene rings is 1. The Kier molecular flexibility index (Phi) is 5.99. The Hall–Kier alpha value is -2.26. The number of nitro benzene ring substituents is 1. The number of esters is 2. The minimum absolute atomic E-state index is 0.408. The average Bonchev–Trinajstić information content (AvgIpc) is 2.49. The molecule has 0 aromatic heterocycles. The van der Waals surface area contributed by atoms with Gasteiger partial charge in [0.1, 0.15) is 0 Å². The van der Waals surface area contributed by atoms with Crippen LogP contribution in [0.1, 0.15) is 0 Å². The van der Waals surface area contributed by atoms with Crippen LogP contribution < -0.4 is 4.46 Å². The summed E-state index contributed by atoms with van der Waals surface area (Å²) in [7, 11) is 1.67. The van der Waals surface area contributed by atoms with Crippen molar-refractivity contribution in [2.75, 3.05) is 14.2 Å². The fraction of sp³-hybridized carbons (Fsp3) is 0.250. The van der Waals surface area contributed by atoms with E-state index in [0.717, 1.165) is 38.5 Å². The van der Waals surface area contributed by atoms with Crippen LogP contribution in [0.25, 0.3) is 0 Å². The Labute approximate surface area is 131 Å². The van der Waals surface area contributed by atoms with Crippen LogP contribution in [-0.2, 0) is 19.1 Å². The Bertz CT molecular complexity index is 650. The SMILES string of the molecule is COC(=O)C(C(=O)OC)=[Se](c1ccc([N+](=O)[O-])cc1)C(F)(F)F. The van der Waals surface area contributed by atoms with Crippen molar-refractivity contribution < 1.29 is 37.2 Å².